The molecule has 0 saturated carbocycles. The van der Waals surface area contributed by atoms with Gasteiger partial charge < -0.3 is 19.3 Å². The first-order valence-corrected chi connectivity index (χ1v) is 9.48. The van der Waals surface area contributed by atoms with Gasteiger partial charge in [-0.15, -0.1) is 0 Å². The predicted molar refractivity (Wildman–Crippen MR) is 106 cm³/mol. The smallest absolute Gasteiger partial charge is 0.245 e. The molecule has 0 radical (unpaired) electrons. The molecule has 0 bridgehead atoms. The average Bonchev–Trinajstić information content (AvgIpc) is 2.72. The Hall–Kier alpha value is -3.02. The Kier molecular flexibility index (Phi) is 6.53. The van der Waals surface area contributed by atoms with Crippen LogP contribution in [0.25, 0.3) is 0 Å². The quantitative estimate of drug-likeness (QED) is 0.659. The van der Waals surface area contributed by atoms with Crippen molar-refractivity contribution in [3.8, 4) is 11.5 Å². The minimum atomic E-state index is -0.462. The molecule has 3 rings (SSSR count). The summed E-state index contributed by atoms with van der Waals surface area (Å²) in [4.78, 5) is 28.6. The molecule has 28 heavy (non-hydrogen) atoms. The van der Waals surface area contributed by atoms with Crippen molar-refractivity contribution in [3.63, 3.8) is 0 Å². The number of rotatable bonds is 8. The fourth-order valence-corrected chi connectivity index (χ4v) is 3.36. The number of carbonyl (C=O) groups excluding carboxylic acids is 2. The van der Waals surface area contributed by atoms with Crippen LogP contribution in [0.1, 0.15) is 18.9 Å². The first-order valence-electron chi connectivity index (χ1n) is 9.48. The summed E-state index contributed by atoms with van der Waals surface area (Å²) < 4.78 is 11.0. The second-order valence-corrected chi connectivity index (χ2v) is 6.80. The van der Waals surface area contributed by atoms with Crippen molar-refractivity contribution in [3.05, 3.63) is 60.2 Å². The van der Waals surface area contributed by atoms with E-state index in [1.165, 1.54) is 0 Å². The minimum absolute atomic E-state index is 0.0194. The number of carbonyl (C=O) groups is 2. The van der Waals surface area contributed by atoms with Crippen molar-refractivity contribution < 1.29 is 19.1 Å². The number of methoxy groups -OCH3 is 1. The van der Waals surface area contributed by atoms with Gasteiger partial charge >= 0.3 is 0 Å². The van der Waals surface area contributed by atoms with Crippen LogP contribution < -0.4 is 9.47 Å². The molecule has 2 aromatic rings. The van der Waals surface area contributed by atoms with Gasteiger partial charge in [-0.25, -0.2) is 0 Å². The van der Waals surface area contributed by atoms with Crippen LogP contribution in [-0.2, 0) is 16.1 Å². The highest BCUT2D eigenvalue weighted by Gasteiger charge is 2.35. The number of hydrogen-bond acceptors (Lipinski definition) is 4. The molecule has 0 unspecified atom stereocenters. The van der Waals surface area contributed by atoms with Gasteiger partial charge in [-0.3, -0.25) is 9.59 Å². The number of benzene rings is 2. The van der Waals surface area contributed by atoms with Crippen molar-refractivity contribution >= 4 is 11.8 Å². The van der Waals surface area contributed by atoms with E-state index in [9.17, 15) is 9.59 Å². The molecule has 0 aliphatic carbocycles. The molecule has 6 heteroatoms. The number of para-hydroxylation sites is 2. The van der Waals surface area contributed by atoms with Crippen LogP contribution in [0.5, 0.6) is 11.5 Å². The molecule has 0 aromatic heterocycles. The highest BCUT2D eigenvalue weighted by molar-refractivity contribution is 5.94. The summed E-state index contributed by atoms with van der Waals surface area (Å²) in [5.74, 6) is 1.30. The van der Waals surface area contributed by atoms with E-state index in [1.807, 2.05) is 54.6 Å². The van der Waals surface area contributed by atoms with Crippen molar-refractivity contribution in [1.29, 1.82) is 0 Å². The van der Waals surface area contributed by atoms with E-state index in [-0.39, 0.29) is 18.4 Å². The van der Waals surface area contributed by atoms with Gasteiger partial charge in [-0.1, -0.05) is 42.5 Å². The first kappa shape index (κ1) is 19.7. The van der Waals surface area contributed by atoms with E-state index < -0.39 is 6.04 Å². The Morgan fingerprint density at radius 1 is 1.00 bits per heavy atom. The summed E-state index contributed by atoms with van der Waals surface area (Å²) in [6.45, 7) is 3.29. The third kappa shape index (κ3) is 4.63. The number of ether oxygens (including phenoxy) is 2. The van der Waals surface area contributed by atoms with Gasteiger partial charge in [0.1, 0.15) is 12.6 Å². The Balaban J connectivity index is 1.51. The Bertz CT molecular complexity index is 809. The molecule has 148 valence electrons. The molecule has 1 atom stereocenters. The van der Waals surface area contributed by atoms with Gasteiger partial charge in [0.25, 0.3) is 0 Å². The lowest BCUT2D eigenvalue weighted by Gasteiger charge is -2.38. The lowest BCUT2D eigenvalue weighted by molar-refractivity contribution is -0.155. The zero-order valence-electron chi connectivity index (χ0n) is 16.3. The van der Waals surface area contributed by atoms with Gasteiger partial charge in [0, 0.05) is 13.1 Å². The van der Waals surface area contributed by atoms with E-state index in [4.69, 9.17) is 9.47 Å². The van der Waals surface area contributed by atoms with Crippen LogP contribution in [0.15, 0.2) is 54.6 Å². The molecule has 1 fully saturated rings. The fraction of sp³-hybridized carbons (Fsp3) is 0.364. The number of nitrogens with zero attached hydrogens (tertiary/aromatic N) is 2. The third-order valence-electron chi connectivity index (χ3n) is 4.87. The summed E-state index contributed by atoms with van der Waals surface area (Å²) in [5.41, 5.74) is 1.02. The lowest BCUT2D eigenvalue weighted by atomic mass is 10.1. The number of hydrogen-bond donors (Lipinski definition) is 0. The molecular formula is C22H26N2O4. The molecule has 1 aliphatic rings. The van der Waals surface area contributed by atoms with Crippen LogP contribution >= 0.6 is 0 Å². The SMILES string of the molecule is COc1ccccc1OCCCN1C(=O)CN(Cc2ccccc2)C(=O)[C@H]1C. The van der Waals surface area contributed by atoms with E-state index >= 15 is 0 Å². The third-order valence-corrected chi connectivity index (χ3v) is 4.87. The second kappa shape index (κ2) is 9.26. The van der Waals surface area contributed by atoms with Crippen LogP contribution in [0.4, 0.5) is 0 Å². The maximum absolute atomic E-state index is 12.7. The normalized spacial score (nSPS) is 17.0. The Morgan fingerprint density at radius 2 is 1.68 bits per heavy atom. The highest BCUT2D eigenvalue weighted by atomic mass is 16.5. The van der Waals surface area contributed by atoms with Crippen molar-refractivity contribution in [2.24, 2.45) is 0 Å². The summed E-state index contributed by atoms with van der Waals surface area (Å²) in [6, 6.07) is 16.7. The van der Waals surface area contributed by atoms with E-state index in [2.05, 4.69) is 0 Å². The molecule has 6 nitrogen and oxygen atoms in total. The molecule has 2 aromatic carbocycles. The first-order chi connectivity index (χ1) is 13.6. The van der Waals surface area contributed by atoms with Gasteiger partial charge in [0.15, 0.2) is 11.5 Å². The van der Waals surface area contributed by atoms with Gasteiger partial charge in [-0.05, 0) is 31.0 Å². The lowest BCUT2D eigenvalue weighted by Crippen LogP contribution is -2.58. The fourth-order valence-electron chi connectivity index (χ4n) is 3.36. The molecule has 0 N–H and O–H groups in total. The Morgan fingerprint density at radius 3 is 2.39 bits per heavy atom. The predicted octanol–water partition coefficient (Wildman–Crippen LogP) is 2.72. The van der Waals surface area contributed by atoms with E-state index in [0.717, 1.165) is 5.56 Å². The maximum atomic E-state index is 12.7. The van der Waals surface area contributed by atoms with Crippen molar-refractivity contribution in [1.82, 2.24) is 9.80 Å². The second-order valence-electron chi connectivity index (χ2n) is 6.80. The summed E-state index contributed by atoms with van der Waals surface area (Å²) >= 11 is 0. The zero-order valence-corrected chi connectivity index (χ0v) is 16.3. The molecule has 1 aliphatic heterocycles. The van der Waals surface area contributed by atoms with Crippen molar-refractivity contribution in [2.75, 3.05) is 26.8 Å². The molecule has 0 spiro atoms. The summed E-state index contributed by atoms with van der Waals surface area (Å²) in [6.07, 6.45) is 0.639. The highest BCUT2D eigenvalue weighted by Crippen LogP contribution is 2.26. The molecule has 1 heterocycles. The van der Waals surface area contributed by atoms with E-state index in [0.29, 0.717) is 37.6 Å². The maximum Gasteiger partial charge on any atom is 0.245 e. The zero-order chi connectivity index (χ0) is 19.9. The monoisotopic (exact) mass is 382 g/mol. The minimum Gasteiger partial charge on any atom is -0.493 e. The van der Waals surface area contributed by atoms with E-state index in [1.54, 1.807) is 23.8 Å². The van der Waals surface area contributed by atoms with Crippen LogP contribution in [-0.4, -0.2) is 54.5 Å². The largest absolute Gasteiger partial charge is 0.493 e. The summed E-state index contributed by atoms with van der Waals surface area (Å²) in [5, 5.41) is 0. The number of amides is 2. The van der Waals surface area contributed by atoms with Crippen LogP contribution in [0.2, 0.25) is 0 Å². The average molecular weight is 382 g/mol. The molecule has 1 saturated heterocycles. The molecular weight excluding hydrogens is 356 g/mol. The Labute approximate surface area is 165 Å². The topological polar surface area (TPSA) is 59.1 Å². The number of piperazine rings is 1. The van der Waals surface area contributed by atoms with Gasteiger partial charge in [-0.2, -0.15) is 0 Å². The van der Waals surface area contributed by atoms with Gasteiger partial charge in [0.05, 0.1) is 13.7 Å². The van der Waals surface area contributed by atoms with Crippen LogP contribution in [0, 0.1) is 0 Å². The standard InChI is InChI=1S/C22H26N2O4/c1-17-22(26)23(15-18-9-4-3-5-10-18)16-21(25)24(17)13-8-14-28-20-12-7-6-11-19(20)27-2/h3-7,9-12,17H,8,13-16H2,1-2H3/t17-/m1/s1. The van der Waals surface area contributed by atoms with Crippen LogP contribution in [0.3, 0.4) is 0 Å². The van der Waals surface area contributed by atoms with Crippen molar-refractivity contribution in [2.45, 2.75) is 25.9 Å². The van der Waals surface area contributed by atoms with Gasteiger partial charge in [0.2, 0.25) is 11.8 Å². The molecule has 2 amide bonds. The summed E-state index contributed by atoms with van der Waals surface area (Å²) in [7, 11) is 1.60.